The summed E-state index contributed by atoms with van der Waals surface area (Å²) in [5.74, 6) is 0.948. The smallest absolute Gasteiger partial charge is 0.271 e. The minimum atomic E-state index is -0.289. The van der Waals surface area contributed by atoms with E-state index in [-0.39, 0.29) is 5.91 Å². The quantitative estimate of drug-likeness (QED) is 0.439. The number of halogens is 1. The first-order valence-electron chi connectivity index (χ1n) is 8.53. The number of amides is 1. The molecule has 3 rings (SSSR count). The number of hydrogen-bond donors (Lipinski definition) is 1. The van der Waals surface area contributed by atoms with Crippen LogP contribution in [0.2, 0.25) is 0 Å². The number of rotatable bonds is 6. The van der Waals surface area contributed by atoms with E-state index in [1.54, 1.807) is 32.4 Å². The standard InChI is InChI=1S/C22H19BrN2O3/c1-27-20-13-21(28-2)19(23)12-18(20)14-24-25-22(26)17-10-8-16(9-11-17)15-6-4-3-5-7-15/h3-14H,1-2H3,(H,25,26)/b24-14+. The van der Waals surface area contributed by atoms with E-state index in [0.29, 0.717) is 22.6 Å². The Morgan fingerprint density at radius 1 is 0.929 bits per heavy atom. The molecule has 5 nitrogen and oxygen atoms in total. The van der Waals surface area contributed by atoms with Gasteiger partial charge in [0.25, 0.3) is 5.91 Å². The molecule has 3 aromatic carbocycles. The molecule has 142 valence electrons. The molecule has 0 aromatic heterocycles. The maximum Gasteiger partial charge on any atom is 0.271 e. The first kappa shape index (κ1) is 19.6. The first-order valence-corrected chi connectivity index (χ1v) is 9.32. The molecule has 0 atom stereocenters. The summed E-state index contributed by atoms with van der Waals surface area (Å²) in [6.45, 7) is 0. The lowest BCUT2D eigenvalue weighted by Crippen LogP contribution is -2.17. The Balaban J connectivity index is 1.69. The van der Waals surface area contributed by atoms with Crippen molar-refractivity contribution in [2.24, 2.45) is 5.10 Å². The van der Waals surface area contributed by atoms with Gasteiger partial charge in [-0.05, 0) is 45.3 Å². The molecule has 0 aliphatic carbocycles. The van der Waals surface area contributed by atoms with Crippen molar-refractivity contribution in [3.8, 4) is 22.6 Å². The van der Waals surface area contributed by atoms with Crippen LogP contribution in [0.4, 0.5) is 0 Å². The van der Waals surface area contributed by atoms with Crippen LogP contribution in [-0.4, -0.2) is 26.3 Å². The molecule has 0 fully saturated rings. The number of carbonyl (C=O) groups is 1. The number of carbonyl (C=O) groups excluding carboxylic acids is 1. The summed E-state index contributed by atoms with van der Waals surface area (Å²) in [5.41, 5.74) is 5.92. The van der Waals surface area contributed by atoms with Gasteiger partial charge in [-0.2, -0.15) is 5.10 Å². The van der Waals surface area contributed by atoms with Crippen LogP contribution < -0.4 is 14.9 Å². The average molecular weight is 439 g/mol. The lowest BCUT2D eigenvalue weighted by atomic mass is 10.0. The van der Waals surface area contributed by atoms with E-state index in [1.807, 2.05) is 48.5 Å². The molecule has 1 amide bonds. The fourth-order valence-corrected chi connectivity index (χ4v) is 3.18. The Morgan fingerprint density at radius 3 is 2.21 bits per heavy atom. The fraction of sp³-hybridized carbons (Fsp3) is 0.0909. The van der Waals surface area contributed by atoms with Crippen molar-refractivity contribution < 1.29 is 14.3 Å². The zero-order valence-corrected chi connectivity index (χ0v) is 17.1. The normalized spacial score (nSPS) is 10.7. The molecule has 3 aromatic rings. The Morgan fingerprint density at radius 2 is 1.57 bits per heavy atom. The van der Waals surface area contributed by atoms with E-state index in [4.69, 9.17) is 9.47 Å². The second-order valence-corrected chi connectivity index (χ2v) is 6.73. The third kappa shape index (κ3) is 4.58. The zero-order chi connectivity index (χ0) is 19.9. The minimum absolute atomic E-state index is 0.289. The molecular formula is C22H19BrN2O3. The molecular weight excluding hydrogens is 420 g/mol. The first-order chi connectivity index (χ1) is 13.6. The highest BCUT2D eigenvalue weighted by atomic mass is 79.9. The summed E-state index contributed by atoms with van der Waals surface area (Å²) in [5, 5.41) is 4.04. The van der Waals surface area contributed by atoms with Crippen molar-refractivity contribution in [3.05, 3.63) is 82.3 Å². The second-order valence-electron chi connectivity index (χ2n) is 5.87. The highest BCUT2D eigenvalue weighted by molar-refractivity contribution is 9.10. The number of nitrogens with zero attached hydrogens (tertiary/aromatic N) is 1. The lowest BCUT2D eigenvalue weighted by molar-refractivity contribution is 0.0955. The van der Waals surface area contributed by atoms with Gasteiger partial charge in [0.2, 0.25) is 0 Å². The summed E-state index contributed by atoms with van der Waals surface area (Å²) in [4.78, 5) is 12.3. The number of nitrogens with one attached hydrogen (secondary N) is 1. The minimum Gasteiger partial charge on any atom is -0.496 e. The van der Waals surface area contributed by atoms with E-state index in [9.17, 15) is 4.79 Å². The van der Waals surface area contributed by atoms with Crippen LogP contribution in [0.5, 0.6) is 11.5 Å². The van der Waals surface area contributed by atoms with Gasteiger partial charge in [0.15, 0.2) is 0 Å². The van der Waals surface area contributed by atoms with Crippen LogP contribution in [0.3, 0.4) is 0 Å². The van der Waals surface area contributed by atoms with Gasteiger partial charge in [0, 0.05) is 17.2 Å². The predicted octanol–water partition coefficient (Wildman–Crippen LogP) is 4.90. The maximum atomic E-state index is 12.3. The molecule has 0 spiro atoms. The molecule has 0 heterocycles. The van der Waals surface area contributed by atoms with Crippen molar-refractivity contribution in [2.45, 2.75) is 0 Å². The van der Waals surface area contributed by atoms with Gasteiger partial charge < -0.3 is 9.47 Å². The highest BCUT2D eigenvalue weighted by Gasteiger charge is 2.09. The molecule has 6 heteroatoms. The average Bonchev–Trinajstić information content (AvgIpc) is 2.74. The summed E-state index contributed by atoms with van der Waals surface area (Å²) < 4.78 is 11.3. The molecule has 0 unspecified atom stereocenters. The van der Waals surface area contributed by atoms with E-state index >= 15 is 0 Å². The third-order valence-electron chi connectivity index (χ3n) is 4.13. The van der Waals surface area contributed by atoms with Crippen molar-refractivity contribution in [1.29, 1.82) is 0 Å². The van der Waals surface area contributed by atoms with Crippen LogP contribution in [-0.2, 0) is 0 Å². The monoisotopic (exact) mass is 438 g/mol. The zero-order valence-electron chi connectivity index (χ0n) is 15.5. The molecule has 0 saturated carbocycles. The van der Waals surface area contributed by atoms with Gasteiger partial charge in [0.05, 0.1) is 24.9 Å². The molecule has 1 N–H and O–H groups in total. The van der Waals surface area contributed by atoms with Crippen molar-refractivity contribution >= 4 is 28.1 Å². The lowest BCUT2D eigenvalue weighted by Gasteiger charge is -2.09. The van der Waals surface area contributed by atoms with Gasteiger partial charge in [-0.15, -0.1) is 0 Å². The van der Waals surface area contributed by atoms with Gasteiger partial charge >= 0.3 is 0 Å². The van der Waals surface area contributed by atoms with Crippen LogP contribution >= 0.6 is 15.9 Å². The van der Waals surface area contributed by atoms with Gasteiger partial charge in [0.1, 0.15) is 11.5 Å². The fourth-order valence-electron chi connectivity index (χ4n) is 2.65. The van der Waals surface area contributed by atoms with Crippen molar-refractivity contribution in [3.63, 3.8) is 0 Å². The molecule has 28 heavy (non-hydrogen) atoms. The molecule has 0 aliphatic heterocycles. The number of hydrazone groups is 1. The summed E-state index contributed by atoms with van der Waals surface area (Å²) in [6.07, 6.45) is 1.53. The number of ether oxygens (including phenoxy) is 2. The molecule has 0 aliphatic rings. The summed E-state index contributed by atoms with van der Waals surface area (Å²) in [7, 11) is 3.14. The Kier molecular flexibility index (Phi) is 6.45. The van der Waals surface area contributed by atoms with Gasteiger partial charge in [-0.1, -0.05) is 42.5 Å². The summed E-state index contributed by atoms with van der Waals surface area (Å²) >= 11 is 3.42. The maximum absolute atomic E-state index is 12.3. The van der Waals surface area contributed by atoms with Crippen LogP contribution in [0.25, 0.3) is 11.1 Å². The summed E-state index contributed by atoms with van der Waals surface area (Å²) in [6, 6.07) is 20.9. The SMILES string of the molecule is COc1cc(OC)c(/C=N/NC(=O)c2ccc(-c3ccccc3)cc2)cc1Br. The number of benzene rings is 3. The third-order valence-corrected chi connectivity index (χ3v) is 4.75. The Labute approximate surface area is 172 Å². The van der Waals surface area contributed by atoms with Crippen LogP contribution in [0.15, 0.2) is 76.3 Å². The molecule has 0 radical (unpaired) electrons. The largest absolute Gasteiger partial charge is 0.496 e. The number of methoxy groups -OCH3 is 2. The van der Waals surface area contributed by atoms with Crippen LogP contribution in [0.1, 0.15) is 15.9 Å². The van der Waals surface area contributed by atoms with E-state index in [1.165, 1.54) is 6.21 Å². The Hall–Kier alpha value is -3.12. The van der Waals surface area contributed by atoms with E-state index in [2.05, 4.69) is 26.5 Å². The number of hydrogen-bond acceptors (Lipinski definition) is 4. The van der Waals surface area contributed by atoms with Crippen LogP contribution in [0, 0.1) is 0 Å². The predicted molar refractivity (Wildman–Crippen MR) is 114 cm³/mol. The van der Waals surface area contributed by atoms with Gasteiger partial charge in [-0.25, -0.2) is 5.43 Å². The second kappa shape index (κ2) is 9.19. The topological polar surface area (TPSA) is 59.9 Å². The molecule has 0 saturated heterocycles. The van der Waals surface area contributed by atoms with Crippen molar-refractivity contribution in [2.75, 3.05) is 14.2 Å². The van der Waals surface area contributed by atoms with Gasteiger partial charge in [-0.3, -0.25) is 4.79 Å². The van der Waals surface area contributed by atoms with E-state index in [0.717, 1.165) is 15.6 Å². The van der Waals surface area contributed by atoms with E-state index < -0.39 is 0 Å². The molecule has 0 bridgehead atoms. The highest BCUT2D eigenvalue weighted by Crippen LogP contribution is 2.31. The Bertz CT molecular complexity index is 987. The van der Waals surface area contributed by atoms with Crippen molar-refractivity contribution in [1.82, 2.24) is 5.43 Å².